The van der Waals surface area contributed by atoms with Crippen molar-refractivity contribution in [2.75, 3.05) is 26.0 Å². The van der Waals surface area contributed by atoms with E-state index in [4.69, 9.17) is 9.47 Å². The molecule has 2 aromatic carbocycles. The van der Waals surface area contributed by atoms with E-state index in [-0.39, 0.29) is 6.04 Å². The maximum Gasteiger partial charge on any atom is 0.160 e. The summed E-state index contributed by atoms with van der Waals surface area (Å²) in [5.41, 5.74) is 4.12. The van der Waals surface area contributed by atoms with Crippen molar-refractivity contribution in [3.05, 3.63) is 66.7 Å². The molecule has 0 saturated carbocycles. The minimum Gasteiger partial charge on any atom is -0.391 e. The van der Waals surface area contributed by atoms with Crippen molar-refractivity contribution in [2.45, 2.75) is 49.9 Å². The molecular weight excluding hydrogens is 436 g/mol. The second kappa shape index (κ2) is 13.1. The van der Waals surface area contributed by atoms with Gasteiger partial charge in [0.15, 0.2) is 6.29 Å². The second-order valence-electron chi connectivity index (χ2n) is 8.30. The summed E-state index contributed by atoms with van der Waals surface area (Å²) in [4.78, 5) is 0. The summed E-state index contributed by atoms with van der Waals surface area (Å²) >= 11 is 4.18. The first-order chi connectivity index (χ1) is 16.0. The van der Waals surface area contributed by atoms with Gasteiger partial charge in [-0.05, 0) is 42.3 Å². The van der Waals surface area contributed by atoms with Crippen LogP contribution < -0.4 is 10.6 Å². The highest BCUT2D eigenvalue weighted by Crippen LogP contribution is 2.25. The van der Waals surface area contributed by atoms with Crippen LogP contribution in [0.2, 0.25) is 0 Å². The molecule has 2 aromatic rings. The summed E-state index contributed by atoms with van der Waals surface area (Å²) < 4.78 is 11.7. The highest BCUT2D eigenvalue weighted by Gasteiger charge is 2.41. The molecule has 33 heavy (non-hydrogen) atoms. The van der Waals surface area contributed by atoms with E-state index in [1.54, 1.807) is 7.05 Å². The van der Waals surface area contributed by atoms with Crippen LogP contribution in [0.3, 0.4) is 0 Å². The maximum atomic E-state index is 10.8. The van der Waals surface area contributed by atoms with Crippen LogP contribution in [-0.4, -0.2) is 66.8 Å². The number of ether oxygens (including phenoxy) is 2. The van der Waals surface area contributed by atoms with Gasteiger partial charge in [0.25, 0.3) is 0 Å². The molecule has 180 valence electrons. The lowest BCUT2D eigenvalue weighted by atomic mass is 9.93. The molecule has 1 saturated heterocycles. The number of hydrogen-bond donors (Lipinski definition) is 5. The number of likely N-dealkylation sites (N-methyl/N-ethyl adjacent to an activating group) is 1. The largest absolute Gasteiger partial charge is 0.391 e. The Bertz CT molecular complexity index is 849. The van der Waals surface area contributed by atoms with E-state index < -0.39 is 24.6 Å². The summed E-state index contributed by atoms with van der Waals surface area (Å²) in [6.07, 6.45) is -0.907. The number of aliphatic hydroxyl groups is 2. The third-order valence-electron chi connectivity index (χ3n) is 5.95. The quantitative estimate of drug-likeness (QED) is 0.241. The topological polar surface area (TPSA) is 83.0 Å². The van der Waals surface area contributed by atoms with Crippen molar-refractivity contribution in [3.63, 3.8) is 0 Å². The van der Waals surface area contributed by atoms with Gasteiger partial charge < -0.3 is 30.3 Å². The Kier molecular flexibility index (Phi) is 10.2. The highest BCUT2D eigenvalue weighted by atomic mass is 32.1. The van der Waals surface area contributed by atoms with Gasteiger partial charge >= 0.3 is 0 Å². The Balaban J connectivity index is 1.50. The number of hydrogen-bond acceptors (Lipinski definition) is 7. The first-order valence-electron chi connectivity index (χ1n) is 11.5. The van der Waals surface area contributed by atoms with E-state index in [1.165, 1.54) is 5.56 Å². The van der Waals surface area contributed by atoms with Gasteiger partial charge in [0.05, 0.1) is 24.9 Å². The average Bonchev–Trinajstić information content (AvgIpc) is 2.84. The van der Waals surface area contributed by atoms with E-state index in [0.717, 1.165) is 29.0 Å². The molecule has 7 heteroatoms. The van der Waals surface area contributed by atoms with Gasteiger partial charge in [-0.3, -0.25) is 0 Å². The van der Waals surface area contributed by atoms with Crippen LogP contribution in [0, 0.1) is 0 Å². The minimum absolute atomic E-state index is 0.363. The van der Waals surface area contributed by atoms with Crippen molar-refractivity contribution in [3.8, 4) is 11.1 Å². The first-order valence-corrected chi connectivity index (χ1v) is 12.2. The van der Waals surface area contributed by atoms with Crippen molar-refractivity contribution in [1.82, 2.24) is 10.6 Å². The molecule has 1 fully saturated rings. The molecule has 4 N–H and O–H groups in total. The maximum absolute atomic E-state index is 10.8. The van der Waals surface area contributed by atoms with Crippen LogP contribution in [-0.2, 0) is 9.47 Å². The van der Waals surface area contributed by atoms with Gasteiger partial charge in [-0.25, -0.2) is 0 Å². The molecular formula is C26H36N2O4S. The summed E-state index contributed by atoms with van der Waals surface area (Å²) in [6, 6.07) is 18.1. The normalized spacial score (nSPS) is 23.8. The molecule has 1 heterocycles. The van der Waals surface area contributed by atoms with Gasteiger partial charge in [0, 0.05) is 18.7 Å². The van der Waals surface area contributed by atoms with Crippen molar-refractivity contribution in [2.24, 2.45) is 0 Å². The van der Waals surface area contributed by atoms with Crippen LogP contribution in [0.15, 0.2) is 61.2 Å². The van der Waals surface area contributed by atoms with E-state index in [9.17, 15) is 10.2 Å². The monoisotopic (exact) mass is 472 g/mol. The fraction of sp³-hybridized carbons (Fsp3) is 0.462. The molecule has 0 aliphatic carbocycles. The molecule has 0 radical (unpaired) electrons. The molecule has 1 aliphatic heterocycles. The Hall–Kier alpha value is -1.87. The Morgan fingerprint density at radius 1 is 1.18 bits per heavy atom. The zero-order valence-electron chi connectivity index (χ0n) is 19.2. The van der Waals surface area contributed by atoms with Gasteiger partial charge in [0.1, 0.15) is 6.10 Å². The number of aliphatic hydroxyl groups excluding tert-OH is 2. The number of rotatable bonds is 12. The number of nitrogens with one attached hydrogen (secondary N) is 2. The number of thiol groups is 1. The zero-order valence-corrected chi connectivity index (χ0v) is 20.1. The molecule has 3 rings (SSSR count). The average molecular weight is 473 g/mol. The van der Waals surface area contributed by atoms with E-state index in [2.05, 4.69) is 54.1 Å². The molecule has 0 aromatic heterocycles. The molecule has 5 atom stereocenters. The van der Waals surface area contributed by atoms with Crippen molar-refractivity contribution in [1.29, 1.82) is 0 Å². The Morgan fingerprint density at radius 2 is 1.88 bits per heavy atom. The van der Waals surface area contributed by atoms with E-state index in [0.29, 0.717) is 26.0 Å². The van der Waals surface area contributed by atoms with E-state index >= 15 is 0 Å². The molecule has 0 spiro atoms. The van der Waals surface area contributed by atoms with Gasteiger partial charge in [-0.1, -0.05) is 61.2 Å². The minimum atomic E-state index is -0.769. The lowest BCUT2D eigenvalue weighted by Crippen LogP contribution is -2.59. The molecule has 0 amide bonds. The summed E-state index contributed by atoms with van der Waals surface area (Å²) in [7, 11) is 1.76. The highest BCUT2D eigenvalue weighted by molar-refractivity contribution is 7.80. The lowest BCUT2D eigenvalue weighted by Gasteiger charge is -2.41. The van der Waals surface area contributed by atoms with Crippen LogP contribution >= 0.6 is 12.6 Å². The summed E-state index contributed by atoms with van der Waals surface area (Å²) in [5.74, 6) is 0.727. The fourth-order valence-corrected chi connectivity index (χ4v) is 4.21. The smallest absolute Gasteiger partial charge is 0.160 e. The van der Waals surface area contributed by atoms with E-state index in [1.807, 2.05) is 30.3 Å². The zero-order chi connectivity index (χ0) is 23.6. The molecule has 1 aliphatic rings. The first kappa shape index (κ1) is 25.7. The van der Waals surface area contributed by atoms with Crippen LogP contribution in [0.25, 0.3) is 16.8 Å². The van der Waals surface area contributed by atoms with Gasteiger partial charge in [-0.15, -0.1) is 0 Å². The standard InChI is InChI=1S/C26H36N2O4S/c1-18(19-9-11-21(12-10-19)20-7-4-3-5-8-20)28-14-13-22(29)26-25(27-2)23(30)17-24(32-26)31-15-6-16-33/h3-5,7-12,22-30,33H,1,6,13-17H2,2H3/t22?,23?,24?,25-,26?/m1/s1. The number of benzene rings is 2. The molecule has 0 bridgehead atoms. The predicted molar refractivity (Wildman–Crippen MR) is 136 cm³/mol. The second-order valence-corrected chi connectivity index (χ2v) is 8.75. The van der Waals surface area contributed by atoms with Crippen LogP contribution in [0.4, 0.5) is 0 Å². The fourth-order valence-electron chi connectivity index (χ4n) is 4.08. The van der Waals surface area contributed by atoms with Crippen LogP contribution in [0.5, 0.6) is 0 Å². The SMILES string of the molecule is C=C(NCCC(O)C1OC(OCCCS)CC(O)[C@H]1NC)c1ccc(-c2ccccc2)cc1. The molecule has 4 unspecified atom stereocenters. The van der Waals surface area contributed by atoms with Gasteiger partial charge in [-0.2, -0.15) is 12.6 Å². The third kappa shape index (κ3) is 7.30. The lowest BCUT2D eigenvalue weighted by molar-refractivity contribution is -0.244. The Labute approximate surface area is 202 Å². The summed E-state index contributed by atoms with van der Waals surface area (Å²) in [6.45, 7) is 5.17. The van der Waals surface area contributed by atoms with Gasteiger partial charge in [0.2, 0.25) is 0 Å². The van der Waals surface area contributed by atoms with Crippen LogP contribution in [0.1, 0.15) is 24.8 Å². The molecule has 6 nitrogen and oxygen atoms in total. The summed E-state index contributed by atoms with van der Waals surface area (Å²) in [5, 5.41) is 27.7. The predicted octanol–water partition coefficient (Wildman–Crippen LogP) is 3.07. The van der Waals surface area contributed by atoms with Crippen molar-refractivity contribution >= 4 is 18.3 Å². The third-order valence-corrected chi connectivity index (χ3v) is 6.27. The Morgan fingerprint density at radius 3 is 2.55 bits per heavy atom. The van der Waals surface area contributed by atoms with Crippen molar-refractivity contribution < 1.29 is 19.7 Å².